The van der Waals surface area contributed by atoms with Gasteiger partial charge >= 0.3 is 5.82 Å². The van der Waals surface area contributed by atoms with Crippen molar-refractivity contribution in [2.45, 2.75) is 6.92 Å². The van der Waals surface area contributed by atoms with Crippen molar-refractivity contribution < 1.29 is 4.57 Å². The fourth-order valence-corrected chi connectivity index (χ4v) is 1.50. The van der Waals surface area contributed by atoms with Crippen molar-refractivity contribution in [3.8, 4) is 0 Å². The Labute approximate surface area is 117 Å². The number of aromatic nitrogens is 2. The second kappa shape index (κ2) is 6.51. The molecule has 0 bridgehead atoms. The number of amidine groups is 1. The highest BCUT2D eigenvalue weighted by Crippen LogP contribution is 2.03. The van der Waals surface area contributed by atoms with Crippen molar-refractivity contribution in [3.63, 3.8) is 0 Å². The molecule has 0 N–H and O–H groups in total. The molecule has 0 saturated heterocycles. The number of nitrogens with zero attached hydrogens (tertiary/aromatic N) is 6. The molecule has 2 rings (SSSR count). The molecule has 0 aliphatic heterocycles. The summed E-state index contributed by atoms with van der Waals surface area (Å²) in [5.41, 5.74) is 0.757. The monoisotopic (exact) mass is 269 g/mol. The van der Waals surface area contributed by atoms with Gasteiger partial charge in [-0.25, -0.2) is 4.57 Å². The minimum absolute atomic E-state index is 0.498. The zero-order valence-electron chi connectivity index (χ0n) is 11.8. The van der Waals surface area contributed by atoms with Gasteiger partial charge in [0.05, 0.1) is 18.4 Å². The SMILES string of the molecule is C/C(N=Nc1cccc[n+]1C)=N/N=c1/ccccn1C. The van der Waals surface area contributed by atoms with Crippen LogP contribution in [0.3, 0.4) is 0 Å². The number of hydrogen-bond donors (Lipinski definition) is 0. The van der Waals surface area contributed by atoms with Crippen molar-refractivity contribution in [1.82, 2.24) is 4.57 Å². The van der Waals surface area contributed by atoms with Crippen LogP contribution in [0.15, 0.2) is 69.2 Å². The number of aryl methyl sites for hydroxylation is 2. The molecule has 2 aromatic rings. The molecule has 0 aliphatic carbocycles. The highest BCUT2D eigenvalue weighted by molar-refractivity contribution is 5.79. The van der Waals surface area contributed by atoms with Gasteiger partial charge in [0.25, 0.3) is 0 Å². The summed E-state index contributed by atoms with van der Waals surface area (Å²) >= 11 is 0. The van der Waals surface area contributed by atoms with Gasteiger partial charge in [-0.2, -0.15) is 0 Å². The zero-order chi connectivity index (χ0) is 14.4. The first-order valence-corrected chi connectivity index (χ1v) is 6.23. The van der Waals surface area contributed by atoms with Crippen LogP contribution in [0, 0.1) is 0 Å². The van der Waals surface area contributed by atoms with Crippen molar-refractivity contribution in [2.24, 2.45) is 34.5 Å². The van der Waals surface area contributed by atoms with Gasteiger partial charge in [-0.15, -0.1) is 10.2 Å². The second-order valence-electron chi connectivity index (χ2n) is 4.29. The Kier molecular flexibility index (Phi) is 4.49. The molecule has 6 heteroatoms. The molecular weight excluding hydrogens is 252 g/mol. The van der Waals surface area contributed by atoms with Gasteiger partial charge in [0.15, 0.2) is 11.3 Å². The molecular formula is C14H17N6+. The van der Waals surface area contributed by atoms with Crippen LogP contribution >= 0.6 is 0 Å². The lowest BCUT2D eigenvalue weighted by atomic mass is 10.4. The summed E-state index contributed by atoms with van der Waals surface area (Å²) in [4.78, 5) is 0. The summed E-state index contributed by atoms with van der Waals surface area (Å²) in [6.07, 6.45) is 3.82. The van der Waals surface area contributed by atoms with Crippen molar-refractivity contribution >= 4 is 11.7 Å². The molecule has 0 aliphatic rings. The minimum Gasteiger partial charge on any atom is -0.335 e. The van der Waals surface area contributed by atoms with Crippen molar-refractivity contribution in [1.29, 1.82) is 0 Å². The van der Waals surface area contributed by atoms with Crippen LogP contribution in [0.5, 0.6) is 0 Å². The van der Waals surface area contributed by atoms with Gasteiger partial charge in [0.2, 0.25) is 0 Å². The lowest BCUT2D eigenvalue weighted by molar-refractivity contribution is -0.658. The van der Waals surface area contributed by atoms with Gasteiger partial charge in [-0.3, -0.25) is 0 Å². The lowest BCUT2D eigenvalue weighted by Gasteiger charge is -1.94. The zero-order valence-corrected chi connectivity index (χ0v) is 11.8. The molecule has 0 fully saturated rings. The smallest absolute Gasteiger partial charge is 0.335 e. The largest absolute Gasteiger partial charge is 0.350 e. The molecule has 102 valence electrons. The fourth-order valence-electron chi connectivity index (χ4n) is 1.50. The Bertz CT molecular complexity index is 711. The predicted octanol–water partition coefficient (Wildman–Crippen LogP) is 1.87. The highest BCUT2D eigenvalue weighted by Gasteiger charge is 2.03. The van der Waals surface area contributed by atoms with Gasteiger partial charge in [0, 0.05) is 26.2 Å². The summed E-state index contributed by atoms with van der Waals surface area (Å²) in [6, 6.07) is 11.5. The molecule has 0 radical (unpaired) electrons. The molecule has 0 spiro atoms. The molecule has 0 unspecified atom stereocenters. The number of hydrogen-bond acceptors (Lipinski definition) is 3. The fraction of sp³-hybridized carbons (Fsp3) is 0.214. The lowest BCUT2D eigenvalue weighted by Crippen LogP contribution is -2.26. The minimum atomic E-state index is 0.498. The van der Waals surface area contributed by atoms with E-state index in [2.05, 4.69) is 20.4 Å². The Hall–Kier alpha value is -2.63. The van der Waals surface area contributed by atoms with Gasteiger partial charge in [-0.05, 0) is 23.3 Å². The van der Waals surface area contributed by atoms with E-state index in [9.17, 15) is 0 Å². The maximum Gasteiger partial charge on any atom is 0.350 e. The van der Waals surface area contributed by atoms with E-state index in [4.69, 9.17) is 0 Å². The van der Waals surface area contributed by atoms with E-state index in [0.29, 0.717) is 5.84 Å². The second-order valence-corrected chi connectivity index (χ2v) is 4.29. The van der Waals surface area contributed by atoms with Crippen LogP contribution in [0.25, 0.3) is 0 Å². The Morgan fingerprint density at radius 2 is 1.95 bits per heavy atom. The number of rotatable bonds is 2. The van der Waals surface area contributed by atoms with E-state index in [1.165, 1.54) is 0 Å². The van der Waals surface area contributed by atoms with Gasteiger partial charge < -0.3 is 4.57 Å². The van der Waals surface area contributed by atoms with Crippen LogP contribution < -0.4 is 10.1 Å². The first-order chi connectivity index (χ1) is 9.66. The Morgan fingerprint density at radius 1 is 1.15 bits per heavy atom. The third kappa shape index (κ3) is 3.68. The van der Waals surface area contributed by atoms with Gasteiger partial charge in [-0.1, -0.05) is 12.1 Å². The van der Waals surface area contributed by atoms with Crippen molar-refractivity contribution in [3.05, 3.63) is 54.3 Å². The molecule has 0 aromatic carbocycles. The molecule has 2 aromatic heterocycles. The summed E-state index contributed by atoms with van der Waals surface area (Å²) < 4.78 is 3.76. The van der Waals surface area contributed by atoms with Crippen LogP contribution in [0.2, 0.25) is 0 Å². The summed E-state index contributed by atoms with van der Waals surface area (Å²) in [5, 5.41) is 16.4. The number of azo groups is 1. The quantitative estimate of drug-likeness (QED) is 0.263. The van der Waals surface area contributed by atoms with Gasteiger partial charge in [0.1, 0.15) is 0 Å². The van der Waals surface area contributed by atoms with Crippen LogP contribution in [0.1, 0.15) is 6.92 Å². The molecule has 6 nitrogen and oxygen atoms in total. The summed E-state index contributed by atoms with van der Waals surface area (Å²) in [5.74, 6) is 1.25. The van der Waals surface area contributed by atoms with Crippen molar-refractivity contribution in [2.75, 3.05) is 0 Å². The van der Waals surface area contributed by atoms with E-state index < -0.39 is 0 Å². The third-order valence-corrected chi connectivity index (χ3v) is 2.65. The summed E-state index contributed by atoms with van der Waals surface area (Å²) in [7, 11) is 3.82. The van der Waals surface area contributed by atoms with Crippen LogP contribution in [0.4, 0.5) is 5.82 Å². The standard InChI is InChI=1S/C14H17N6/c1-12(15-17-13-8-4-6-10-19(13)2)16-18-14-9-5-7-11-20(14)3/h4-11H,1-3H3/q+1. The van der Waals surface area contributed by atoms with E-state index in [0.717, 1.165) is 11.3 Å². The maximum atomic E-state index is 4.13. The molecule has 2 heterocycles. The third-order valence-electron chi connectivity index (χ3n) is 2.65. The Balaban J connectivity index is 2.19. The van der Waals surface area contributed by atoms with E-state index >= 15 is 0 Å². The van der Waals surface area contributed by atoms with Crippen LogP contribution in [-0.2, 0) is 14.1 Å². The molecule has 20 heavy (non-hydrogen) atoms. The first-order valence-electron chi connectivity index (χ1n) is 6.23. The molecule has 0 amide bonds. The van der Waals surface area contributed by atoms with E-state index in [1.54, 1.807) is 6.92 Å². The summed E-state index contributed by atoms with van der Waals surface area (Å²) in [6.45, 7) is 1.76. The van der Waals surface area contributed by atoms with Crippen LogP contribution in [-0.4, -0.2) is 10.4 Å². The predicted molar refractivity (Wildman–Crippen MR) is 76.2 cm³/mol. The van der Waals surface area contributed by atoms with E-state index in [-0.39, 0.29) is 0 Å². The number of pyridine rings is 2. The Morgan fingerprint density at radius 3 is 2.70 bits per heavy atom. The molecule has 0 atom stereocenters. The molecule has 0 saturated carbocycles. The topological polar surface area (TPSA) is 58.2 Å². The highest BCUT2D eigenvalue weighted by atomic mass is 15.3. The van der Waals surface area contributed by atoms with E-state index in [1.807, 2.05) is 72.0 Å². The first kappa shape index (κ1) is 13.8. The normalized spacial score (nSPS) is 13.2. The maximum absolute atomic E-state index is 4.13. The average molecular weight is 269 g/mol. The average Bonchev–Trinajstić information content (AvgIpc) is 2.45.